The minimum atomic E-state index is 0.696. The van der Waals surface area contributed by atoms with E-state index < -0.39 is 0 Å². The number of hydrogen-bond donors (Lipinski definition) is 0. The second kappa shape index (κ2) is 3.63. The number of aryl methyl sites for hydroxylation is 1. The van der Waals surface area contributed by atoms with Crippen LogP contribution in [-0.2, 0) is 0 Å². The first-order valence-corrected chi connectivity index (χ1v) is 4.00. The molecule has 0 aromatic heterocycles. The van der Waals surface area contributed by atoms with E-state index in [-0.39, 0.29) is 0 Å². The monoisotopic (exact) mass is 170 g/mol. The van der Waals surface area contributed by atoms with Crippen LogP contribution in [-0.4, -0.2) is 6.61 Å². The molecule has 0 radical (unpaired) electrons. The summed E-state index contributed by atoms with van der Waals surface area (Å²) >= 11 is 5.83. The Morgan fingerprint density at radius 1 is 1.45 bits per heavy atom. The Kier molecular flexibility index (Phi) is 2.77. The lowest BCUT2D eigenvalue weighted by molar-refractivity contribution is 0.340. The molecule has 0 unspecified atom stereocenters. The number of halogens is 1. The van der Waals surface area contributed by atoms with Crippen LogP contribution in [0.25, 0.3) is 0 Å². The molecule has 60 valence electrons. The zero-order valence-corrected chi connectivity index (χ0v) is 7.48. The molecule has 1 aromatic rings. The van der Waals surface area contributed by atoms with Crippen LogP contribution >= 0.6 is 11.6 Å². The maximum Gasteiger partial charge on any atom is 0.119 e. The predicted octanol–water partition coefficient (Wildman–Crippen LogP) is 3.05. The fourth-order valence-corrected chi connectivity index (χ4v) is 0.991. The standard InChI is InChI=1S/C9H11ClO/c1-3-11-8-4-5-9(10)7(2)6-8/h4-6H,3H2,1-2H3. The van der Waals surface area contributed by atoms with Gasteiger partial charge in [0.15, 0.2) is 0 Å². The highest BCUT2D eigenvalue weighted by Gasteiger charge is 1.96. The molecule has 0 bridgehead atoms. The first-order chi connectivity index (χ1) is 5.24. The summed E-state index contributed by atoms with van der Waals surface area (Å²) in [7, 11) is 0. The highest BCUT2D eigenvalue weighted by atomic mass is 35.5. The van der Waals surface area contributed by atoms with Crippen LogP contribution in [0.15, 0.2) is 18.2 Å². The van der Waals surface area contributed by atoms with Crippen LogP contribution in [0.4, 0.5) is 0 Å². The summed E-state index contributed by atoms with van der Waals surface area (Å²) in [6.07, 6.45) is 0. The van der Waals surface area contributed by atoms with Crippen molar-refractivity contribution < 1.29 is 4.74 Å². The predicted molar refractivity (Wildman–Crippen MR) is 47.4 cm³/mol. The van der Waals surface area contributed by atoms with Crippen LogP contribution < -0.4 is 4.74 Å². The lowest BCUT2D eigenvalue weighted by atomic mass is 10.2. The number of hydrogen-bond acceptors (Lipinski definition) is 1. The first kappa shape index (κ1) is 8.41. The fourth-order valence-electron chi connectivity index (χ4n) is 0.874. The van der Waals surface area contributed by atoms with E-state index >= 15 is 0 Å². The molecule has 0 N–H and O–H groups in total. The van der Waals surface area contributed by atoms with Gasteiger partial charge in [0.2, 0.25) is 0 Å². The molecule has 0 spiro atoms. The zero-order valence-electron chi connectivity index (χ0n) is 6.73. The average Bonchev–Trinajstić information content (AvgIpc) is 1.98. The first-order valence-electron chi connectivity index (χ1n) is 3.63. The van der Waals surface area contributed by atoms with Gasteiger partial charge in [0.25, 0.3) is 0 Å². The van der Waals surface area contributed by atoms with Gasteiger partial charge in [-0.2, -0.15) is 0 Å². The van der Waals surface area contributed by atoms with E-state index in [9.17, 15) is 0 Å². The smallest absolute Gasteiger partial charge is 0.119 e. The molecule has 1 aromatic carbocycles. The van der Waals surface area contributed by atoms with Crippen molar-refractivity contribution in [3.8, 4) is 5.75 Å². The van der Waals surface area contributed by atoms with Gasteiger partial charge in [-0.15, -0.1) is 0 Å². The lowest BCUT2D eigenvalue weighted by Crippen LogP contribution is -1.91. The maximum absolute atomic E-state index is 5.83. The minimum Gasteiger partial charge on any atom is -0.494 e. The minimum absolute atomic E-state index is 0.696. The van der Waals surface area contributed by atoms with Gasteiger partial charge < -0.3 is 4.74 Å². The van der Waals surface area contributed by atoms with Crippen LogP contribution in [0, 0.1) is 6.92 Å². The molecule has 0 fully saturated rings. The van der Waals surface area contributed by atoms with Crippen molar-refractivity contribution in [1.29, 1.82) is 0 Å². The van der Waals surface area contributed by atoms with Gasteiger partial charge in [-0.3, -0.25) is 0 Å². The third-order valence-electron chi connectivity index (χ3n) is 1.44. The second-order valence-electron chi connectivity index (χ2n) is 2.34. The average molecular weight is 171 g/mol. The molecular weight excluding hydrogens is 160 g/mol. The molecule has 0 aliphatic heterocycles. The van der Waals surface area contributed by atoms with E-state index in [4.69, 9.17) is 16.3 Å². The summed E-state index contributed by atoms with van der Waals surface area (Å²) < 4.78 is 5.28. The molecule has 0 amide bonds. The Morgan fingerprint density at radius 2 is 2.18 bits per heavy atom. The molecule has 0 aliphatic rings. The van der Waals surface area contributed by atoms with Gasteiger partial charge in [0.1, 0.15) is 5.75 Å². The summed E-state index contributed by atoms with van der Waals surface area (Å²) in [5.74, 6) is 0.884. The van der Waals surface area contributed by atoms with Crippen LogP contribution in [0.2, 0.25) is 5.02 Å². The summed E-state index contributed by atoms with van der Waals surface area (Å²) in [6, 6.07) is 5.66. The molecule has 2 heteroatoms. The fraction of sp³-hybridized carbons (Fsp3) is 0.333. The van der Waals surface area contributed by atoms with Crippen molar-refractivity contribution in [2.75, 3.05) is 6.61 Å². The summed E-state index contributed by atoms with van der Waals surface area (Å²) in [5, 5.41) is 0.786. The Morgan fingerprint density at radius 3 is 2.73 bits per heavy atom. The van der Waals surface area contributed by atoms with Crippen molar-refractivity contribution in [3.05, 3.63) is 28.8 Å². The number of benzene rings is 1. The molecule has 1 rings (SSSR count). The third-order valence-corrected chi connectivity index (χ3v) is 1.86. The molecule has 0 heterocycles. The van der Waals surface area contributed by atoms with E-state index in [1.165, 1.54) is 0 Å². The van der Waals surface area contributed by atoms with Gasteiger partial charge in [0.05, 0.1) is 6.61 Å². The largest absolute Gasteiger partial charge is 0.494 e. The molecular formula is C9H11ClO. The maximum atomic E-state index is 5.83. The number of rotatable bonds is 2. The molecule has 1 nitrogen and oxygen atoms in total. The Hall–Kier alpha value is -0.690. The Labute approximate surface area is 71.9 Å². The van der Waals surface area contributed by atoms with Crippen molar-refractivity contribution in [2.24, 2.45) is 0 Å². The molecule has 0 saturated heterocycles. The molecule has 11 heavy (non-hydrogen) atoms. The molecule has 0 atom stereocenters. The van der Waals surface area contributed by atoms with Gasteiger partial charge in [0, 0.05) is 5.02 Å². The van der Waals surface area contributed by atoms with Crippen molar-refractivity contribution in [2.45, 2.75) is 13.8 Å². The van der Waals surface area contributed by atoms with Gasteiger partial charge >= 0.3 is 0 Å². The summed E-state index contributed by atoms with van der Waals surface area (Å²) in [5.41, 5.74) is 1.05. The van der Waals surface area contributed by atoms with Gasteiger partial charge in [-0.25, -0.2) is 0 Å². The lowest BCUT2D eigenvalue weighted by Gasteiger charge is -2.03. The van der Waals surface area contributed by atoms with Gasteiger partial charge in [-0.05, 0) is 37.6 Å². The quantitative estimate of drug-likeness (QED) is 0.663. The number of ether oxygens (including phenoxy) is 1. The second-order valence-corrected chi connectivity index (χ2v) is 2.75. The van der Waals surface area contributed by atoms with E-state index in [2.05, 4.69) is 0 Å². The van der Waals surface area contributed by atoms with Crippen LogP contribution in [0.3, 0.4) is 0 Å². The highest BCUT2D eigenvalue weighted by Crippen LogP contribution is 2.20. The van der Waals surface area contributed by atoms with Gasteiger partial charge in [-0.1, -0.05) is 11.6 Å². The molecule has 0 aliphatic carbocycles. The topological polar surface area (TPSA) is 9.23 Å². The van der Waals surface area contributed by atoms with Crippen LogP contribution in [0.5, 0.6) is 5.75 Å². The third kappa shape index (κ3) is 2.12. The van der Waals surface area contributed by atoms with Crippen LogP contribution in [0.1, 0.15) is 12.5 Å². The summed E-state index contributed by atoms with van der Waals surface area (Å²) in [6.45, 7) is 4.62. The van der Waals surface area contributed by atoms with Crippen molar-refractivity contribution >= 4 is 11.6 Å². The zero-order chi connectivity index (χ0) is 8.27. The van der Waals surface area contributed by atoms with E-state index in [1.807, 2.05) is 32.0 Å². The Balaban J connectivity index is 2.86. The summed E-state index contributed by atoms with van der Waals surface area (Å²) in [4.78, 5) is 0. The SMILES string of the molecule is CCOc1ccc(Cl)c(C)c1. The van der Waals surface area contributed by atoms with E-state index in [0.717, 1.165) is 16.3 Å². The van der Waals surface area contributed by atoms with Crippen molar-refractivity contribution in [1.82, 2.24) is 0 Å². The van der Waals surface area contributed by atoms with Crippen molar-refractivity contribution in [3.63, 3.8) is 0 Å². The Bertz CT molecular complexity index is 245. The van der Waals surface area contributed by atoms with E-state index in [0.29, 0.717) is 6.61 Å². The van der Waals surface area contributed by atoms with E-state index in [1.54, 1.807) is 0 Å². The normalized spacial score (nSPS) is 9.73. The highest BCUT2D eigenvalue weighted by molar-refractivity contribution is 6.31. The molecule has 0 saturated carbocycles.